The number of primary amides is 1. The quantitative estimate of drug-likeness (QED) is 0.680. The number of carbonyl (C=O) groups is 1. The second-order valence-corrected chi connectivity index (χ2v) is 7.78. The van der Waals surface area contributed by atoms with Crippen molar-refractivity contribution in [1.82, 2.24) is 10.2 Å². The van der Waals surface area contributed by atoms with Crippen LogP contribution in [-0.4, -0.2) is 17.1 Å². The maximum Gasteiger partial charge on any atom is 0.316 e. The highest BCUT2D eigenvalue weighted by molar-refractivity contribution is 6.30. The molecule has 0 radical (unpaired) electrons. The van der Waals surface area contributed by atoms with Gasteiger partial charge in [-0.25, -0.2) is 4.79 Å². The first-order valence-corrected chi connectivity index (χ1v) is 9.84. The summed E-state index contributed by atoms with van der Waals surface area (Å²) in [6, 6.07) is 15.1. The average molecular weight is 407 g/mol. The molecule has 29 heavy (non-hydrogen) atoms. The molecule has 0 saturated heterocycles. The van der Waals surface area contributed by atoms with Gasteiger partial charge in [-0.3, -0.25) is 0 Å². The fourth-order valence-corrected chi connectivity index (χ4v) is 3.94. The number of benzene rings is 2. The van der Waals surface area contributed by atoms with Crippen molar-refractivity contribution < 1.29 is 4.79 Å². The zero-order chi connectivity index (χ0) is 20.5. The van der Waals surface area contributed by atoms with Crippen LogP contribution in [0.25, 0.3) is 5.57 Å². The Morgan fingerprint density at radius 1 is 1.21 bits per heavy atom. The maximum absolute atomic E-state index is 11.0. The Balaban J connectivity index is 1.65. The molecule has 1 atom stereocenters. The summed E-state index contributed by atoms with van der Waals surface area (Å²) in [6.45, 7) is 4.23. The van der Waals surface area contributed by atoms with E-state index in [2.05, 4.69) is 47.7 Å². The predicted molar refractivity (Wildman–Crippen MR) is 118 cm³/mol. The molecule has 2 heterocycles. The summed E-state index contributed by atoms with van der Waals surface area (Å²) in [4.78, 5) is 13.3. The monoisotopic (exact) mass is 406 g/mol. The van der Waals surface area contributed by atoms with E-state index in [1.165, 1.54) is 22.5 Å². The highest BCUT2D eigenvalue weighted by atomic mass is 35.5. The number of hydrogen-bond donors (Lipinski definition) is 3. The summed E-state index contributed by atoms with van der Waals surface area (Å²) < 4.78 is 0. The van der Waals surface area contributed by atoms with E-state index >= 15 is 0 Å². The Kier molecular flexibility index (Phi) is 5.07. The Bertz CT molecular complexity index is 1050. The average Bonchev–Trinajstić information content (AvgIpc) is 2.97. The van der Waals surface area contributed by atoms with Gasteiger partial charge in [0.2, 0.25) is 0 Å². The van der Waals surface area contributed by atoms with E-state index in [9.17, 15) is 4.79 Å². The number of carbonyl (C=O) groups excluding carboxylic acids is 1. The Morgan fingerprint density at radius 2 is 1.97 bits per heavy atom. The molecule has 4 rings (SSSR count). The first kappa shape index (κ1) is 19.2. The number of nitrogens with zero attached hydrogens (tertiary/aromatic N) is 1. The van der Waals surface area contributed by atoms with Crippen molar-refractivity contribution >= 4 is 28.9 Å². The topological polar surface area (TPSA) is 70.4 Å². The zero-order valence-electron chi connectivity index (χ0n) is 16.4. The molecule has 4 N–H and O–H groups in total. The lowest BCUT2D eigenvalue weighted by atomic mass is 9.94. The third-order valence-corrected chi connectivity index (χ3v) is 5.52. The van der Waals surface area contributed by atoms with E-state index in [0.29, 0.717) is 5.69 Å². The van der Waals surface area contributed by atoms with Crippen molar-refractivity contribution in [2.75, 3.05) is 5.32 Å². The lowest BCUT2D eigenvalue weighted by Gasteiger charge is -2.32. The van der Waals surface area contributed by atoms with Crippen molar-refractivity contribution in [3.05, 3.63) is 93.9 Å². The van der Waals surface area contributed by atoms with Crippen LogP contribution in [0.5, 0.6) is 0 Å². The van der Waals surface area contributed by atoms with Gasteiger partial charge in [0.1, 0.15) is 6.17 Å². The third kappa shape index (κ3) is 4.00. The second-order valence-electron chi connectivity index (χ2n) is 7.34. The summed E-state index contributed by atoms with van der Waals surface area (Å²) in [5, 5.41) is 6.89. The predicted octanol–water partition coefficient (Wildman–Crippen LogP) is 4.84. The van der Waals surface area contributed by atoms with Crippen LogP contribution >= 0.6 is 11.6 Å². The van der Waals surface area contributed by atoms with Crippen LogP contribution < -0.4 is 16.4 Å². The molecule has 5 nitrogen and oxygen atoms in total. The first-order valence-electron chi connectivity index (χ1n) is 9.47. The number of nitrogens with two attached hydrogens (primary N) is 1. The number of nitrogens with one attached hydrogen (secondary N) is 2. The minimum atomic E-state index is -0.563. The number of fused-ring (bicyclic) bond motifs is 1. The van der Waals surface area contributed by atoms with E-state index in [1.807, 2.05) is 42.5 Å². The number of rotatable bonds is 4. The molecule has 2 aliphatic heterocycles. The SMILES string of the molecule is CC1=C(C)N2C=C(Cc3ccc(NC(N)=O)cc3)C=C(c3cccc(Cl)c3)C2N1. The number of hydrogen-bond acceptors (Lipinski definition) is 3. The molecule has 0 saturated carbocycles. The van der Waals surface area contributed by atoms with Crippen molar-refractivity contribution in [3.8, 4) is 0 Å². The maximum atomic E-state index is 11.0. The van der Waals surface area contributed by atoms with Crippen LogP contribution in [0.15, 0.2) is 77.8 Å². The molecule has 148 valence electrons. The second kappa shape index (κ2) is 7.68. The van der Waals surface area contributed by atoms with Gasteiger partial charge in [0.05, 0.1) is 0 Å². The normalized spacial score (nSPS) is 18.0. The van der Waals surface area contributed by atoms with Gasteiger partial charge in [-0.05, 0) is 67.3 Å². The van der Waals surface area contributed by atoms with Gasteiger partial charge in [0.25, 0.3) is 0 Å². The van der Waals surface area contributed by atoms with Gasteiger partial charge in [0.15, 0.2) is 0 Å². The Morgan fingerprint density at radius 3 is 2.66 bits per heavy atom. The summed E-state index contributed by atoms with van der Waals surface area (Å²) >= 11 is 6.26. The Hall–Kier alpha value is -3.18. The molecule has 1 unspecified atom stereocenters. The molecule has 6 heteroatoms. The molecule has 2 amide bonds. The zero-order valence-corrected chi connectivity index (χ0v) is 17.1. The van der Waals surface area contributed by atoms with Crippen LogP contribution in [0.3, 0.4) is 0 Å². The summed E-state index contributed by atoms with van der Waals surface area (Å²) in [5.74, 6) is 0. The number of halogens is 1. The third-order valence-electron chi connectivity index (χ3n) is 5.29. The molecule has 0 aliphatic carbocycles. The molecule has 2 aromatic carbocycles. The van der Waals surface area contributed by atoms with Gasteiger partial charge in [-0.1, -0.05) is 35.9 Å². The lowest BCUT2D eigenvalue weighted by Crippen LogP contribution is -2.37. The fourth-order valence-electron chi connectivity index (χ4n) is 3.75. The Labute approximate surface area is 175 Å². The molecular formula is C23H23ClN4O. The largest absolute Gasteiger partial charge is 0.363 e. The highest BCUT2D eigenvalue weighted by Crippen LogP contribution is 2.36. The van der Waals surface area contributed by atoms with Gasteiger partial charge in [0, 0.05) is 33.9 Å². The minimum Gasteiger partial charge on any atom is -0.363 e. The first-order chi connectivity index (χ1) is 13.9. The molecular weight excluding hydrogens is 384 g/mol. The standard InChI is InChI=1S/C23H23ClN4O/c1-14-15(2)28-13-17(10-16-6-8-20(9-7-16)27-23(25)29)11-21(22(28)26-14)18-4-3-5-19(24)12-18/h3-9,11-13,22,26H,10H2,1-2H3,(H3,25,27,29). The van der Waals surface area contributed by atoms with Crippen LogP contribution in [-0.2, 0) is 6.42 Å². The van der Waals surface area contributed by atoms with Crippen LogP contribution in [0.4, 0.5) is 10.5 Å². The number of allylic oxidation sites excluding steroid dienone is 4. The smallest absolute Gasteiger partial charge is 0.316 e. The number of anilines is 1. The highest BCUT2D eigenvalue weighted by Gasteiger charge is 2.32. The van der Waals surface area contributed by atoms with Crippen LogP contribution in [0.2, 0.25) is 5.02 Å². The van der Waals surface area contributed by atoms with Crippen molar-refractivity contribution in [2.45, 2.75) is 26.4 Å². The molecule has 0 bridgehead atoms. The molecule has 2 aromatic rings. The van der Waals surface area contributed by atoms with Crippen LogP contribution in [0.1, 0.15) is 25.0 Å². The molecule has 0 spiro atoms. The van der Waals surface area contributed by atoms with E-state index in [0.717, 1.165) is 22.6 Å². The number of amides is 2. The van der Waals surface area contributed by atoms with Gasteiger partial charge in [-0.2, -0.15) is 0 Å². The van der Waals surface area contributed by atoms with E-state index in [-0.39, 0.29) is 6.17 Å². The van der Waals surface area contributed by atoms with Crippen molar-refractivity contribution in [1.29, 1.82) is 0 Å². The fraction of sp³-hybridized carbons (Fsp3) is 0.174. The van der Waals surface area contributed by atoms with Crippen molar-refractivity contribution in [2.24, 2.45) is 5.73 Å². The van der Waals surface area contributed by atoms with E-state index < -0.39 is 6.03 Å². The minimum absolute atomic E-state index is 0.0689. The van der Waals surface area contributed by atoms with Gasteiger partial charge >= 0.3 is 6.03 Å². The van der Waals surface area contributed by atoms with E-state index in [1.54, 1.807) is 0 Å². The lowest BCUT2D eigenvalue weighted by molar-refractivity contribution is 0.259. The number of urea groups is 1. The molecule has 0 fully saturated rings. The van der Waals surface area contributed by atoms with Crippen molar-refractivity contribution in [3.63, 3.8) is 0 Å². The van der Waals surface area contributed by atoms with E-state index in [4.69, 9.17) is 17.3 Å². The summed E-state index contributed by atoms with van der Waals surface area (Å²) in [5.41, 5.74) is 12.9. The summed E-state index contributed by atoms with van der Waals surface area (Å²) in [6.07, 6.45) is 5.28. The molecule has 0 aromatic heterocycles. The molecule has 2 aliphatic rings. The summed E-state index contributed by atoms with van der Waals surface area (Å²) in [7, 11) is 0. The van der Waals surface area contributed by atoms with Crippen LogP contribution in [0, 0.1) is 0 Å². The van der Waals surface area contributed by atoms with Gasteiger partial charge in [-0.15, -0.1) is 0 Å². The van der Waals surface area contributed by atoms with Gasteiger partial charge < -0.3 is 21.3 Å².